The van der Waals surface area contributed by atoms with E-state index in [1.54, 1.807) is 0 Å². The quantitative estimate of drug-likeness (QED) is 0.795. The molecule has 4 bridgehead atoms. The lowest BCUT2D eigenvalue weighted by Crippen LogP contribution is -2.44. The van der Waals surface area contributed by atoms with E-state index in [2.05, 4.69) is 20.4 Å². The summed E-state index contributed by atoms with van der Waals surface area (Å²) in [7, 11) is 0. The third kappa shape index (κ3) is 2.29. The monoisotopic (exact) mass is 315 g/mol. The third-order valence-electron chi connectivity index (χ3n) is 6.67. The first-order valence-electron chi connectivity index (χ1n) is 9.34. The van der Waals surface area contributed by atoms with Gasteiger partial charge in [0, 0.05) is 19.1 Å². The highest BCUT2D eigenvalue weighted by molar-refractivity contribution is 5.83. The molecule has 0 radical (unpaired) electrons. The molecule has 5 atom stereocenters. The molecule has 6 rings (SSSR count). The van der Waals surface area contributed by atoms with Crippen molar-refractivity contribution in [2.24, 2.45) is 17.8 Å². The maximum Gasteiger partial charge on any atom is 0.233 e. The van der Waals surface area contributed by atoms with Crippen molar-refractivity contribution < 1.29 is 4.79 Å². The number of tetrazole rings is 1. The minimum atomic E-state index is -0.122. The van der Waals surface area contributed by atoms with E-state index in [4.69, 9.17) is 0 Å². The molecule has 1 amide bonds. The molecular weight excluding hydrogens is 290 g/mol. The minimum Gasteiger partial charge on any atom is -0.339 e. The fraction of sp³-hybridized carbons (Fsp3) is 0.882. The number of aromatic nitrogens is 4. The number of nitrogens with zero attached hydrogens (tertiary/aromatic N) is 5. The summed E-state index contributed by atoms with van der Waals surface area (Å²) in [6.45, 7) is 1.83. The largest absolute Gasteiger partial charge is 0.339 e. The second-order valence-corrected chi connectivity index (χ2v) is 8.23. The standard InChI is InChI=1S/C17H25N5O/c23-17(15-3-1-2-4-22-16(15)18-19-20-22)21-10-13-6-11-5-12(7-13)9-14(21)8-11/h11-15H,1-10H2/t11-,12+,13?,14?,15-/m1/s1. The van der Waals surface area contributed by atoms with E-state index in [0.29, 0.717) is 11.9 Å². The minimum absolute atomic E-state index is 0.122. The fourth-order valence-corrected chi connectivity index (χ4v) is 5.85. The molecule has 0 N–H and O–H groups in total. The van der Waals surface area contributed by atoms with Crippen LogP contribution in [0.25, 0.3) is 0 Å². The Morgan fingerprint density at radius 3 is 2.61 bits per heavy atom. The molecule has 6 nitrogen and oxygen atoms in total. The fourth-order valence-electron chi connectivity index (χ4n) is 5.85. The average Bonchev–Trinajstić information content (AvgIpc) is 2.78. The van der Waals surface area contributed by atoms with Gasteiger partial charge in [0.05, 0.1) is 5.92 Å². The number of hydrogen-bond acceptors (Lipinski definition) is 4. The Kier molecular flexibility index (Phi) is 3.20. The van der Waals surface area contributed by atoms with Crippen LogP contribution in [0, 0.1) is 17.8 Å². The van der Waals surface area contributed by atoms with Crippen LogP contribution in [-0.4, -0.2) is 43.6 Å². The first-order chi connectivity index (χ1) is 11.3. The summed E-state index contributed by atoms with van der Waals surface area (Å²) >= 11 is 0. The Labute approximate surface area is 136 Å². The van der Waals surface area contributed by atoms with Crippen LogP contribution in [0.3, 0.4) is 0 Å². The second kappa shape index (κ2) is 5.28. The van der Waals surface area contributed by atoms with E-state index in [9.17, 15) is 4.79 Å². The van der Waals surface area contributed by atoms with Crippen molar-refractivity contribution in [3.8, 4) is 0 Å². The Hall–Kier alpha value is -1.46. The van der Waals surface area contributed by atoms with Crippen LogP contribution in [0.2, 0.25) is 0 Å². The lowest BCUT2D eigenvalue weighted by molar-refractivity contribution is -0.136. The van der Waals surface area contributed by atoms with Crippen LogP contribution in [0.1, 0.15) is 63.1 Å². The number of aryl methyl sites for hydroxylation is 1. The highest BCUT2D eigenvalue weighted by Gasteiger charge is 2.45. The molecule has 124 valence electrons. The van der Waals surface area contributed by atoms with Crippen molar-refractivity contribution in [3.63, 3.8) is 0 Å². The number of amides is 1. The van der Waals surface area contributed by atoms with Crippen molar-refractivity contribution in [1.82, 2.24) is 25.1 Å². The predicted molar refractivity (Wildman–Crippen MR) is 83.5 cm³/mol. The zero-order chi connectivity index (χ0) is 15.4. The van der Waals surface area contributed by atoms with Gasteiger partial charge in [-0.15, -0.1) is 5.10 Å². The van der Waals surface area contributed by atoms with Gasteiger partial charge in [0.1, 0.15) is 0 Å². The van der Waals surface area contributed by atoms with E-state index < -0.39 is 0 Å². The number of carbonyl (C=O) groups excluding carboxylic acids is 1. The third-order valence-corrected chi connectivity index (χ3v) is 6.67. The Bertz CT molecular complexity index is 600. The van der Waals surface area contributed by atoms with Crippen LogP contribution in [0.15, 0.2) is 0 Å². The van der Waals surface area contributed by atoms with Crippen LogP contribution in [-0.2, 0) is 11.3 Å². The molecule has 1 aromatic rings. The summed E-state index contributed by atoms with van der Waals surface area (Å²) in [5.41, 5.74) is 0. The van der Waals surface area contributed by atoms with Crippen molar-refractivity contribution in [2.45, 2.75) is 69.9 Å². The molecule has 23 heavy (non-hydrogen) atoms. The number of carbonyl (C=O) groups is 1. The smallest absolute Gasteiger partial charge is 0.233 e. The topological polar surface area (TPSA) is 63.9 Å². The van der Waals surface area contributed by atoms with E-state index >= 15 is 0 Å². The lowest BCUT2D eigenvalue weighted by atomic mass is 9.68. The van der Waals surface area contributed by atoms with Crippen molar-refractivity contribution in [1.29, 1.82) is 0 Å². The van der Waals surface area contributed by atoms with E-state index in [1.807, 2.05) is 4.68 Å². The Morgan fingerprint density at radius 1 is 1.00 bits per heavy atom. The van der Waals surface area contributed by atoms with Gasteiger partial charge in [0.15, 0.2) is 5.82 Å². The molecular formula is C17H25N5O. The van der Waals surface area contributed by atoms with Gasteiger partial charge in [-0.2, -0.15) is 0 Å². The van der Waals surface area contributed by atoms with E-state index in [0.717, 1.165) is 55.9 Å². The SMILES string of the molecule is O=C([C@@H]1CCCCn2nnnc21)N1CC2C[C@@H]3CC1C[C@H](C2)C3. The van der Waals surface area contributed by atoms with Gasteiger partial charge in [-0.1, -0.05) is 6.42 Å². The van der Waals surface area contributed by atoms with Gasteiger partial charge in [0.2, 0.25) is 5.91 Å². The normalized spacial score (nSPS) is 39.0. The molecule has 2 aliphatic carbocycles. The molecule has 5 aliphatic rings. The molecule has 2 saturated carbocycles. The molecule has 0 spiro atoms. The molecule has 6 heteroatoms. The van der Waals surface area contributed by atoms with Crippen LogP contribution in [0.5, 0.6) is 0 Å². The molecule has 2 unspecified atom stereocenters. The first kappa shape index (κ1) is 13.9. The molecule has 1 aromatic heterocycles. The Balaban J connectivity index is 1.44. The van der Waals surface area contributed by atoms with E-state index in [1.165, 1.54) is 32.1 Å². The summed E-state index contributed by atoms with van der Waals surface area (Å²) in [6.07, 6.45) is 9.62. The number of rotatable bonds is 1. The zero-order valence-corrected chi connectivity index (χ0v) is 13.6. The highest BCUT2D eigenvalue weighted by Crippen LogP contribution is 2.48. The molecule has 4 heterocycles. The van der Waals surface area contributed by atoms with Crippen LogP contribution >= 0.6 is 0 Å². The van der Waals surface area contributed by atoms with Gasteiger partial charge in [0.25, 0.3) is 0 Å². The van der Waals surface area contributed by atoms with Crippen molar-refractivity contribution in [2.75, 3.05) is 6.54 Å². The predicted octanol–water partition coefficient (Wildman–Crippen LogP) is 1.98. The maximum atomic E-state index is 13.4. The zero-order valence-electron chi connectivity index (χ0n) is 13.6. The van der Waals surface area contributed by atoms with Gasteiger partial charge >= 0.3 is 0 Å². The average molecular weight is 315 g/mol. The Morgan fingerprint density at radius 2 is 1.78 bits per heavy atom. The maximum absolute atomic E-state index is 13.4. The van der Waals surface area contributed by atoms with Gasteiger partial charge in [-0.05, 0) is 73.1 Å². The summed E-state index contributed by atoms with van der Waals surface area (Å²) < 4.78 is 1.86. The van der Waals surface area contributed by atoms with Gasteiger partial charge < -0.3 is 4.90 Å². The second-order valence-electron chi connectivity index (χ2n) is 8.23. The van der Waals surface area contributed by atoms with Crippen molar-refractivity contribution in [3.05, 3.63) is 5.82 Å². The summed E-state index contributed by atoms with van der Waals surface area (Å²) in [6, 6.07) is 0.478. The molecule has 0 aromatic carbocycles. The number of fused-ring (bicyclic) bond motifs is 2. The van der Waals surface area contributed by atoms with E-state index in [-0.39, 0.29) is 5.92 Å². The van der Waals surface area contributed by atoms with Crippen LogP contribution in [0.4, 0.5) is 0 Å². The summed E-state index contributed by atoms with van der Waals surface area (Å²) in [4.78, 5) is 15.6. The number of hydrogen-bond donors (Lipinski definition) is 0. The first-order valence-corrected chi connectivity index (χ1v) is 9.34. The van der Waals surface area contributed by atoms with Crippen molar-refractivity contribution >= 4 is 5.91 Å². The molecule has 2 saturated heterocycles. The van der Waals surface area contributed by atoms with Gasteiger partial charge in [-0.25, -0.2) is 4.68 Å². The summed E-state index contributed by atoms with van der Waals surface area (Å²) in [5, 5.41) is 12.1. The van der Waals surface area contributed by atoms with Gasteiger partial charge in [-0.3, -0.25) is 4.79 Å². The summed E-state index contributed by atoms with van der Waals surface area (Å²) in [5.74, 6) is 3.46. The molecule has 4 fully saturated rings. The lowest BCUT2D eigenvalue weighted by Gasteiger charge is -2.39. The van der Waals surface area contributed by atoms with Crippen LogP contribution < -0.4 is 0 Å². The highest BCUT2D eigenvalue weighted by atomic mass is 16.2. The molecule has 3 aliphatic heterocycles.